The van der Waals surface area contributed by atoms with E-state index in [9.17, 15) is 4.79 Å². The Morgan fingerprint density at radius 2 is 1.96 bits per heavy atom. The summed E-state index contributed by atoms with van der Waals surface area (Å²) in [7, 11) is 3.24. The van der Waals surface area contributed by atoms with E-state index in [2.05, 4.69) is 25.2 Å². The predicted molar refractivity (Wildman–Crippen MR) is 88.5 cm³/mol. The van der Waals surface area contributed by atoms with Gasteiger partial charge in [0.25, 0.3) is 0 Å². The quantitative estimate of drug-likeness (QED) is 0.725. The first-order valence-corrected chi connectivity index (χ1v) is 7.40. The van der Waals surface area contributed by atoms with Crippen molar-refractivity contribution in [2.24, 2.45) is 7.05 Å². The van der Waals surface area contributed by atoms with E-state index < -0.39 is 5.97 Å². The fourth-order valence-corrected chi connectivity index (χ4v) is 2.37. The number of hydrogen-bond donors (Lipinski definition) is 1. The topological polar surface area (TPSA) is 81.9 Å². The number of nitrogens with zero attached hydrogens (tertiary/aromatic N) is 4. The lowest BCUT2D eigenvalue weighted by Crippen LogP contribution is -2.18. The van der Waals surface area contributed by atoms with Crippen LogP contribution in [0.2, 0.25) is 0 Å². The van der Waals surface area contributed by atoms with Crippen LogP contribution in [0, 0.1) is 0 Å². The molecule has 0 amide bonds. The number of carbonyl (C=O) groups excluding carboxylic acids is 1. The van der Waals surface area contributed by atoms with Gasteiger partial charge in [-0.05, 0) is 17.7 Å². The number of rotatable bonds is 5. The molecule has 0 aliphatic carbocycles. The minimum atomic E-state index is -0.516. The van der Waals surface area contributed by atoms with Gasteiger partial charge in [0.05, 0.1) is 7.11 Å². The number of methoxy groups -OCH3 is 1. The van der Waals surface area contributed by atoms with Crippen LogP contribution >= 0.6 is 0 Å². The molecule has 0 bridgehead atoms. The lowest BCUT2D eigenvalue weighted by atomic mass is 10.1. The number of ether oxygens (including phenoxy) is 1. The zero-order chi connectivity index (χ0) is 16.9. The number of aromatic nitrogens is 4. The Kier molecular flexibility index (Phi) is 4.51. The molecule has 2 aromatic heterocycles. The Labute approximate surface area is 139 Å². The van der Waals surface area contributed by atoms with Gasteiger partial charge in [0.15, 0.2) is 5.69 Å². The highest BCUT2D eigenvalue weighted by atomic mass is 16.5. The molecule has 3 aromatic rings. The van der Waals surface area contributed by atoms with E-state index in [1.807, 2.05) is 48.1 Å². The van der Waals surface area contributed by atoms with E-state index in [0.717, 1.165) is 11.4 Å². The zero-order valence-electron chi connectivity index (χ0n) is 13.4. The van der Waals surface area contributed by atoms with Crippen molar-refractivity contribution in [3.63, 3.8) is 0 Å². The molecule has 7 nitrogen and oxygen atoms in total. The van der Waals surface area contributed by atoms with Gasteiger partial charge in [0.1, 0.15) is 17.7 Å². The molecule has 24 heavy (non-hydrogen) atoms. The van der Waals surface area contributed by atoms with Gasteiger partial charge in [-0.1, -0.05) is 30.3 Å². The normalized spacial score (nSPS) is 11.8. The second-order valence-corrected chi connectivity index (χ2v) is 5.18. The maximum absolute atomic E-state index is 11.4. The lowest BCUT2D eigenvalue weighted by molar-refractivity contribution is 0.0593. The standard InChI is InChI=1S/C17H17N5O2/c1-22-11-10-18-16(22)15(12-6-4-3-5-7-12)19-14-9-8-13(20-21-14)17(23)24-2/h3-11,15H,1-2H3,(H,19,21)/t15-/m1/s1. The van der Waals surface area contributed by atoms with Crippen LogP contribution < -0.4 is 5.32 Å². The second-order valence-electron chi connectivity index (χ2n) is 5.18. The van der Waals surface area contributed by atoms with Crippen LogP contribution in [0.1, 0.15) is 27.9 Å². The molecule has 0 spiro atoms. The summed E-state index contributed by atoms with van der Waals surface area (Å²) in [4.78, 5) is 15.9. The molecule has 1 N–H and O–H groups in total. The Morgan fingerprint density at radius 1 is 1.17 bits per heavy atom. The van der Waals surface area contributed by atoms with Crippen LogP contribution in [0.15, 0.2) is 54.9 Å². The molecule has 7 heteroatoms. The first kappa shape index (κ1) is 15.7. The largest absolute Gasteiger partial charge is 0.464 e. The third-order valence-corrected chi connectivity index (χ3v) is 3.60. The van der Waals surface area contributed by atoms with E-state index in [0.29, 0.717) is 5.82 Å². The van der Waals surface area contributed by atoms with Gasteiger partial charge in [-0.2, -0.15) is 0 Å². The molecule has 3 rings (SSSR count). The van der Waals surface area contributed by atoms with E-state index in [1.54, 1.807) is 18.3 Å². The smallest absolute Gasteiger partial charge is 0.358 e. The summed E-state index contributed by atoms with van der Waals surface area (Å²) in [6.07, 6.45) is 3.64. The predicted octanol–water partition coefficient (Wildman–Crippen LogP) is 2.20. The highest BCUT2D eigenvalue weighted by Crippen LogP contribution is 2.24. The molecule has 0 radical (unpaired) electrons. The van der Waals surface area contributed by atoms with E-state index in [1.165, 1.54) is 7.11 Å². The van der Waals surface area contributed by atoms with Gasteiger partial charge < -0.3 is 14.6 Å². The number of carbonyl (C=O) groups is 1. The molecule has 0 saturated heterocycles. The minimum absolute atomic E-state index is 0.163. The molecular formula is C17H17N5O2. The van der Waals surface area contributed by atoms with Gasteiger partial charge in [-0.3, -0.25) is 0 Å². The van der Waals surface area contributed by atoms with Crippen molar-refractivity contribution in [3.8, 4) is 0 Å². The van der Waals surface area contributed by atoms with Crippen molar-refractivity contribution < 1.29 is 9.53 Å². The third-order valence-electron chi connectivity index (χ3n) is 3.60. The van der Waals surface area contributed by atoms with Crippen LogP contribution in [-0.4, -0.2) is 32.8 Å². The summed E-state index contributed by atoms with van der Waals surface area (Å²) in [6.45, 7) is 0. The van der Waals surface area contributed by atoms with Crippen molar-refractivity contribution in [2.75, 3.05) is 12.4 Å². The fourth-order valence-electron chi connectivity index (χ4n) is 2.37. The summed E-state index contributed by atoms with van der Waals surface area (Å²) in [5.74, 6) is 0.873. The number of imidazole rings is 1. The van der Waals surface area contributed by atoms with Crippen molar-refractivity contribution in [1.82, 2.24) is 19.7 Å². The summed E-state index contributed by atoms with van der Waals surface area (Å²) in [5, 5.41) is 11.3. The SMILES string of the molecule is COC(=O)c1ccc(N[C@H](c2ccccc2)c2nccn2C)nn1. The zero-order valence-corrected chi connectivity index (χ0v) is 13.4. The molecule has 122 valence electrons. The molecular weight excluding hydrogens is 306 g/mol. The Balaban J connectivity index is 1.90. The van der Waals surface area contributed by atoms with Gasteiger partial charge in [0, 0.05) is 19.4 Å². The number of hydrogen-bond acceptors (Lipinski definition) is 6. The minimum Gasteiger partial charge on any atom is -0.464 e. The molecule has 0 saturated carbocycles. The first-order valence-electron chi connectivity index (χ1n) is 7.40. The molecule has 1 atom stereocenters. The Hall–Kier alpha value is -3.22. The monoisotopic (exact) mass is 323 g/mol. The van der Waals surface area contributed by atoms with Crippen molar-refractivity contribution in [3.05, 3.63) is 71.9 Å². The van der Waals surface area contributed by atoms with Crippen LogP contribution in [0.5, 0.6) is 0 Å². The maximum Gasteiger partial charge on any atom is 0.358 e. The van der Waals surface area contributed by atoms with Gasteiger partial charge >= 0.3 is 5.97 Å². The van der Waals surface area contributed by atoms with Gasteiger partial charge in [-0.15, -0.1) is 10.2 Å². The molecule has 0 unspecified atom stereocenters. The number of esters is 1. The van der Waals surface area contributed by atoms with E-state index in [4.69, 9.17) is 0 Å². The van der Waals surface area contributed by atoms with E-state index >= 15 is 0 Å². The highest BCUT2D eigenvalue weighted by molar-refractivity contribution is 5.86. The van der Waals surface area contributed by atoms with Crippen LogP contribution in [-0.2, 0) is 11.8 Å². The van der Waals surface area contributed by atoms with E-state index in [-0.39, 0.29) is 11.7 Å². The third kappa shape index (κ3) is 3.24. The number of aryl methyl sites for hydroxylation is 1. The number of benzene rings is 1. The van der Waals surface area contributed by atoms with Crippen LogP contribution in [0.25, 0.3) is 0 Å². The van der Waals surface area contributed by atoms with Crippen molar-refractivity contribution in [1.29, 1.82) is 0 Å². The number of anilines is 1. The summed E-state index contributed by atoms with van der Waals surface area (Å²) < 4.78 is 6.57. The highest BCUT2D eigenvalue weighted by Gasteiger charge is 2.19. The molecule has 2 heterocycles. The Bertz CT molecular complexity index is 815. The van der Waals surface area contributed by atoms with Crippen molar-refractivity contribution >= 4 is 11.8 Å². The molecule has 1 aromatic carbocycles. The van der Waals surface area contributed by atoms with Crippen molar-refractivity contribution in [2.45, 2.75) is 6.04 Å². The summed E-state index contributed by atoms with van der Waals surface area (Å²) in [5.41, 5.74) is 1.21. The number of nitrogens with one attached hydrogen (secondary N) is 1. The molecule has 0 aliphatic rings. The molecule has 0 fully saturated rings. The molecule has 0 aliphatic heterocycles. The lowest BCUT2D eigenvalue weighted by Gasteiger charge is -2.19. The van der Waals surface area contributed by atoms with Crippen LogP contribution in [0.3, 0.4) is 0 Å². The average molecular weight is 323 g/mol. The van der Waals surface area contributed by atoms with Crippen LogP contribution in [0.4, 0.5) is 5.82 Å². The second kappa shape index (κ2) is 6.91. The Morgan fingerprint density at radius 3 is 2.54 bits per heavy atom. The average Bonchev–Trinajstić information content (AvgIpc) is 3.06. The first-order chi connectivity index (χ1) is 11.7. The summed E-state index contributed by atoms with van der Waals surface area (Å²) in [6, 6.07) is 13.0. The maximum atomic E-state index is 11.4. The van der Waals surface area contributed by atoms with Gasteiger partial charge in [0.2, 0.25) is 0 Å². The van der Waals surface area contributed by atoms with Gasteiger partial charge in [-0.25, -0.2) is 9.78 Å². The summed E-state index contributed by atoms with van der Waals surface area (Å²) >= 11 is 0. The fraction of sp³-hybridized carbons (Fsp3) is 0.176.